The number of hydrogen-bond donors (Lipinski definition) is 2. The second kappa shape index (κ2) is 21.3. The summed E-state index contributed by atoms with van der Waals surface area (Å²) in [6, 6.07) is 36.9. The van der Waals surface area contributed by atoms with Crippen LogP contribution in [0.2, 0.25) is 0 Å². The van der Waals surface area contributed by atoms with Crippen molar-refractivity contribution < 1.29 is 28.7 Å². The molecule has 1 aliphatic carbocycles. The fraction of sp³-hybridized carbons (Fsp3) is 0.387. The summed E-state index contributed by atoms with van der Waals surface area (Å²) in [6.45, 7) is 9.11. The normalized spacial score (nSPS) is 19.7. The monoisotopic (exact) mass is 1020 g/mol. The number of aromatic amines is 1. The van der Waals surface area contributed by atoms with Crippen LogP contribution in [0.4, 0.5) is 4.79 Å². The van der Waals surface area contributed by atoms with Crippen LogP contribution in [0.5, 0.6) is 11.5 Å². The molecule has 1 spiro atoms. The topological polar surface area (TPSA) is 146 Å². The lowest BCUT2D eigenvalue weighted by atomic mass is 9.88. The number of thioether (sulfide) groups is 1. The van der Waals surface area contributed by atoms with Gasteiger partial charge in [-0.05, 0) is 132 Å². The van der Waals surface area contributed by atoms with Gasteiger partial charge in [0.2, 0.25) is 11.8 Å². The summed E-state index contributed by atoms with van der Waals surface area (Å²) in [4.78, 5) is 73.2. The average Bonchev–Trinajstić information content (AvgIpc) is 4.30. The molecule has 2 saturated heterocycles. The summed E-state index contributed by atoms with van der Waals surface area (Å²) in [5.41, 5.74) is 11.3. The van der Waals surface area contributed by atoms with Crippen molar-refractivity contribution in [3.8, 4) is 33.8 Å². The fourth-order valence-electron chi connectivity index (χ4n) is 12.1. The molecule has 6 aromatic rings. The highest BCUT2D eigenvalue weighted by Crippen LogP contribution is 2.58. The van der Waals surface area contributed by atoms with Crippen LogP contribution in [0.3, 0.4) is 0 Å². The van der Waals surface area contributed by atoms with Crippen LogP contribution in [0.25, 0.3) is 38.9 Å². The van der Waals surface area contributed by atoms with E-state index in [1.54, 1.807) is 36.4 Å². The van der Waals surface area contributed by atoms with E-state index in [9.17, 15) is 19.2 Å². The van der Waals surface area contributed by atoms with E-state index in [2.05, 4.69) is 76.7 Å². The summed E-state index contributed by atoms with van der Waals surface area (Å²) in [5, 5.41) is 2.85. The Hall–Kier alpha value is -6.99. The minimum atomic E-state index is -0.751. The smallest absolute Gasteiger partial charge is 0.413 e. The van der Waals surface area contributed by atoms with Gasteiger partial charge in [0.25, 0.3) is 0 Å². The van der Waals surface area contributed by atoms with Crippen molar-refractivity contribution in [2.75, 3.05) is 13.1 Å². The van der Waals surface area contributed by atoms with Crippen LogP contribution >= 0.6 is 11.8 Å². The first-order valence-corrected chi connectivity index (χ1v) is 27.8. The predicted molar refractivity (Wildman–Crippen MR) is 295 cm³/mol. The maximum Gasteiger partial charge on any atom is 0.413 e. The van der Waals surface area contributed by atoms with E-state index in [4.69, 9.17) is 19.5 Å². The van der Waals surface area contributed by atoms with E-state index in [1.165, 1.54) is 52.8 Å². The van der Waals surface area contributed by atoms with Gasteiger partial charge in [-0.1, -0.05) is 119 Å². The summed E-state index contributed by atoms with van der Waals surface area (Å²) in [6.07, 6.45) is 11.4. The van der Waals surface area contributed by atoms with Gasteiger partial charge >= 0.3 is 12.1 Å². The highest BCUT2D eigenvalue weighted by molar-refractivity contribution is 8.01. The molecule has 4 aliphatic heterocycles. The quantitative estimate of drug-likeness (QED) is 0.0810. The molecule has 5 heterocycles. The number of ether oxygens (including phenoxy) is 2. The molecule has 12 nitrogen and oxygen atoms in total. The largest absolute Gasteiger partial charge is 0.427 e. The number of carbonyl (C=O) groups excluding carboxylic acids is 4. The first kappa shape index (κ1) is 50.2. The van der Waals surface area contributed by atoms with Gasteiger partial charge in [-0.2, -0.15) is 0 Å². The number of amides is 3. The summed E-state index contributed by atoms with van der Waals surface area (Å²) in [5.74, 6) is 0.480. The number of likely N-dealkylation sites (tertiary alicyclic amines) is 2. The number of H-pyrrole nitrogens is 1. The van der Waals surface area contributed by atoms with Crippen LogP contribution in [0, 0.1) is 17.8 Å². The predicted octanol–water partition coefficient (Wildman–Crippen LogP) is 12.8. The number of benzene rings is 5. The zero-order chi connectivity index (χ0) is 51.8. The molecular weight excluding hydrogens is 957 g/mol. The van der Waals surface area contributed by atoms with E-state index >= 15 is 0 Å². The molecule has 1 unspecified atom stereocenters. The maximum atomic E-state index is 14.2. The first-order chi connectivity index (χ1) is 36.4. The van der Waals surface area contributed by atoms with Gasteiger partial charge in [-0.3, -0.25) is 19.4 Å². The van der Waals surface area contributed by atoms with Crippen molar-refractivity contribution in [1.82, 2.24) is 25.1 Å². The summed E-state index contributed by atoms with van der Waals surface area (Å²) >= 11 is 2.09. The molecule has 13 heteroatoms. The zero-order valence-corrected chi connectivity index (χ0v) is 44.2. The van der Waals surface area contributed by atoms with Gasteiger partial charge in [-0.15, -0.1) is 11.8 Å². The molecule has 3 amide bonds. The third-order valence-electron chi connectivity index (χ3n) is 16.1. The average molecular weight is 1020 g/mol. The van der Waals surface area contributed by atoms with E-state index < -0.39 is 24.0 Å². The SMILES string of the molecule is CC(C)C(NC(=O)Oc1ccccc1)C(=O)N1CCC[C@H]1c1nc2ccc(-c3ccc(-c4ccc(C5=CN=C([C@@H]6CCCN6C(=O)[C@@H](CC(=O)Oc6ccccc6)C(C)C)C5)cc4)c4c3CC3(CCCC3)S4)cc2[nH]1. The number of aromatic nitrogens is 2. The van der Waals surface area contributed by atoms with Crippen LogP contribution in [0.1, 0.15) is 115 Å². The Morgan fingerprint density at radius 3 is 2.05 bits per heavy atom. The molecule has 5 aliphatic rings. The number of para-hydroxylation sites is 2. The van der Waals surface area contributed by atoms with Crippen LogP contribution in [-0.4, -0.2) is 79.3 Å². The second-order valence-corrected chi connectivity index (χ2v) is 23.3. The lowest BCUT2D eigenvalue weighted by molar-refractivity contribution is -0.144. The molecule has 1 aromatic heterocycles. The van der Waals surface area contributed by atoms with E-state index in [0.29, 0.717) is 31.0 Å². The number of nitrogens with one attached hydrogen (secondary N) is 2. The lowest BCUT2D eigenvalue weighted by Crippen LogP contribution is -2.51. The Morgan fingerprint density at radius 1 is 0.720 bits per heavy atom. The minimum absolute atomic E-state index is 0.00184. The Bertz CT molecular complexity index is 3180. The number of aliphatic imine (C=N–C) groups is 1. The number of esters is 1. The van der Waals surface area contributed by atoms with Crippen molar-refractivity contribution in [2.45, 2.75) is 126 Å². The van der Waals surface area contributed by atoms with Crippen LogP contribution < -0.4 is 14.8 Å². The van der Waals surface area contributed by atoms with Gasteiger partial charge in [0, 0.05) is 41.1 Å². The Balaban J connectivity index is 0.785. The Kier molecular flexibility index (Phi) is 14.3. The van der Waals surface area contributed by atoms with Gasteiger partial charge in [-0.25, -0.2) is 9.78 Å². The highest BCUT2D eigenvalue weighted by atomic mass is 32.2. The molecule has 11 rings (SSSR count). The number of carbonyl (C=O) groups is 4. The maximum absolute atomic E-state index is 14.2. The fourth-order valence-corrected chi connectivity index (χ4v) is 13.9. The number of allylic oxidation sites excluding steroid dienone is 1. The van der Waals surface area contributed by atoms with Crippen molar-refractivity contribution in [2.24, 2.45) is 22.7 Å². The molecule has 4 atom stereocenters. The van der Waals surface area contributed by atoms with Gasteiger partial charge in [0.15, 0.2) is 0 Å². The summed E-state index contributed by atoms with van der Waals surface area (Å²) < 4.78 is 11.3. The van der Waals surface area contributed by atoms with E-state index in [1.807, 2.05) is 68.0 Å². The van der Waals surface area contributed by atoms with Crippen molar-refractivity contribution >= 4 is 58.0 Å². The Labute approximate surface area is 443 Å². The molecule has 3 fully saturated rings. The van der Waals surface area contributed by atoms with Crippen LogP contribution in [0.15, 0.2) is 131 Å². The third kappa shape index (κ3) is 10.4. The molecule has 75 heavy (non-hydrogen) atoms. The first-order valence-electron chi connectivity index (χ1n) is 27.0. The molecule has 2 N–H and O–H groups in total. The third-order valence-corrected chi connectivity index (χ3v) is 17.8. The lowest BCUT2D eigenvalue weighted by Gasteiger charge is -2.30. The number of imidazole rings is 1. The highest BCUT2D eigenvalue weighted by Gasteiger charge is 2.44. The number of hydrogen-bond acceptors (Lipinski definition) is 9. The van der Waals surface area contributed by atoms with E-state index in [0.717, 1.165) is 71.4 Å². The van der Waals surface area contributed by atoms with Crippen LogP contribution in [-0.2, 0) is 20.8 Å². The number of rotatable bonds is 14. The molecule has 1 saturated carbocycles. The number of nitrogens with zero attached hydrogens (tertiary/aromatic N) is 4. The molecule has 386 valence electrons. The summed E-state index contributed by atoms with van der Waals surface area (Å²) in [7, 11) is 0. The minimum Gasteiger partial charge on any atom is -0.427 e. The second-order valence-electron chi connectivity index (χ2n) is 21.8. The molecular formula is C62H66N6O6S. The Morgan fingerprint density at radius 2 is 1.36 bits per heavy atom. The van der Waals surface area contributed by atoms with Gasteiger partial charge in [0.05, 0.1) is 35.5 Å². The molecule has 5 aromatic carbocycles. The molecule has 0 bridgehead atoms. The number of fused-ring (bicyclic) bond motifs is 2. The van der Waals surface area contributed by atoms with Crippen molar-refractivity contribution in [3.05, 3.63) is 138 Å². The van der Waals surface area contributed by atoms with Gasteiger partial charge < -0.3 is 29.6 Å². The molecule has 0 radical (unpaired) electrons. The van der Waals surface area contributed by atoms with E-state index in [-0.39, 0.29) is 46.9 Å². The standard InChI is InChI=1S/C62H66N6O6S/c1-38(2)48(35-55(69)73-44-15-7-5-8-16-44)59(70)67-31-13-19-53(67)52-34-43(37-63-52)40-21-23-41(24-22-40)47-27-26-46(49-36-62(75-57(47)49)29-11-12-30-62)42-25-28-50-51(33-42)65-58(64-50)54-20-14-32-68(54)60(71)56(39(3)4)66-61(72)74-45-17-9-6-10-18-45/h5-10,15-18,21-28,33,37-39,48,53-54,56H,11-14,19-20,29-32,34-36H2,1-4H3,(H,64,65)(H,66,72)/t48-,53-,54-,56?/m0/s1. The van der Waals surface area contributed by atoms with Crippen molar-refractivity contribution in [1.29, 1.82) is 0 Å². The zero-order valence-electron chi connectivity index (χ0n) is 43.4. The van der Waals surface area contributed by atoms with Crippen molar-refractivity contribution in [3.63, 3.8) is 0 Å². The van der Waals surface area contributed by atoms with Gasteiger partial charge in [0.1, 0.15) is 23.4 Å².